The summed E-state index contributed by atoms with van der Waals surface area (Å²) in [5.74, 6) is 0.216. The molecule has 0 aliphatic rings. The predicted molar refractivity (Wildman–Crippen MR) is 73.5 cm³/mol. The van der Waals surface area contributed by atoms with E-state index in [0.29, 0.717) is 17.1 Å². The van der Waals surface area contributed by atoms with E-state index in [0.717, 1.165) is 0 Å². The number of H-pyrrole nitrogens is 1. The number of nitrogens with one attached hydrogen (secondary N) is 2. The van der Waals surface area contributed by atoms with E-state index in [1.165, 1.54) is 19.2 Å². The average molecular weight is 297 g/mol. The molecule has 108 valence electrons. The molecule has 0 aliphatic heterocycles. The largest absolute Gasteiger partial charge is 0.506 e. The first-order chi connectivity index (χ1) is 9.35. The molecule has 0 saturated carbocycles. The second kappa shape index (κ2) is 5.04. The van der Waals surface area contributed by atoms with Crippen LogP contribution in [0.3, 0.4) is 0 Å². The van der Waals surface area contributed by atoms with Gasteiger partial charge in [0.25, 0.3) is 10.0 Å². The number of sulfonamides is 1. The summed E-state index contributed by atoms with van der Waals surface area (Å²) >= 11 is 0. The highest BCUT2D eigenvalue weighted by Gasteiger charge is 2.23. The number of aryl methyl sites for hydroxylation is 2. The number of aromatic nitrogens is 2. The van der Waals surface area contributed by atoms with Crippen molar-refractivity contribution < 1.29 is 18.3 Å². The van der Waals surface area contributed by atoms with Gasteiger partial charge >= 0.3 is 0 Å². The van der Waals surface area contributed by atoms with Gasteiger partial charge in [0.05, 0.1) is 24.2 Å². The van der Waals surface area contributed by atoms with Crippen LogP contribution in [0.4, 0.5) is 5.69 Å². The molecule has 3 N–H and O–H groups in total. The SMILES string of the molecule is COc1ccc(NS(=O)(=O)c2c(C)n[nH]c2C)c(O)c1. The fourth-order valence-electron chi connectivity index (χ4n) is 1.86. The number of anilines is 1. The molecule has 7 nitrogen and oxygen atoms in total. The molecule has 1 aromatic carbocycles. The summed E-state index contributed by atoms with van der Waals surface area (Å²) in [6.45, 7) is 3.20. The molecule has 0 saturated heterocycles. The van der Waals surface area contributed by atoms with Crippen molar-refractivity contribution in [3.63, 3.8) is 0 Å². The number of aromatic hydroxyl groups is 1. The number of rotatable bonds is 4. The van der Waals surface area contributed by atoms with Gasteiger partial charge in [-0.1, -0.05) is 0 Å². The summed E-state index contributed by atoms with van der Waals surface area (Å²) in [6.07, 6.45) is 0. The van der Waals surface area contributed by atoms with Gasteiger partial charge in [-0.15, -0.1) is 0 Å². The Hall–Kier alpha value is -2.22. The van der Waals surface area contributed by atoms with Crippen LogP contribution in [0.5, 0.6) is 11.5 Å². The second-order valence-corrected chi connectivity index (χ2v) is 5.87. The molecule has 8 heteroatoms. The van der Waals surface area contributed by atoms with Crippen LogP contribution in [-0.2, 0) is 10.0 Å². The van der Waals surface area contributed by atoms with Gasteiger partial charge in [-0.2, -0.15) is 5.10 Å². The number of methoxy groups -OCH3 is 1. The van der Waals surface area contributed by atoms with Crippen LogP contribution in [0.25, 0.3) is 0 Å². The predicted octanol–water partition coefficient (Wildman–Crippen LogP) is 1.54. The number of hydrogen-bond donors (Lipinski definition) is 3. The molecule has 0 spiro atoms. The van der Waals surface area contributed by atoms with Crippen LogP contribution in [0, 0.1) is 13.8 Å². The topological polar surface area (TPSA) is 104 Å². The molecular weight excluding hydrogens is 282 g/mol. The number of benzene rings is 1. The molecule has 0 amide bonds. The number of nitrogens with zero attached hydrogens (tertiary/aromatic N) is 1. The Kier molecular flexibility index (Phi) is 3.58. The number of phenolic OH excluding ortho intramolecular Hbond substituents is 1. The molecule has 0 aliphatic carbocycles. The first kappa shape index (κ1) is 14.2. The molecule has 1 heterocycles. The smallest absolute Gasteiger partial charge is 0.265 e. The van der Waals surface area contributed by atoms with E-state index in [9.17, 15) is 13.5 Å². The maximum atomic E-state index is 12.3. The third-order valence-corrected chi connectivity index (χ3v) is 4.41. The maximum Gasteiger partial charge on any atom is 0.265 e. The molecule has 0 fully saturated rings. The number of hydrogen-bond acceptors (Lipinski definition) is 5. The lowest BCUT2D eigenvalue weighted by Gasteiger charge is -2.10. The average Bonchev–Trinajstić information content (AvgIpc) is 2.72. The van der Waals surface area contributed by atoms with Crippen molar-refractivity contribution in [2.24, 2.45) is 0 Å². The minimum absolute atomic E-state index is 0.0748. The van der Waals surface area contributed by atoms with Gasteiger partial charge in [-0.25, -0.2) is 8.42 Å². The Balaban J connectivity index is 2.39. The highest BCUT2D eigenvalue weighted by molar-refractivity contribution is 7.92. The van der Waals surface area contributed by atoms with Gasteiger partial charge in [0, 0.05) is 6.07 Å². The Morgan fingerprint density at radius 1 is 1.35 bits per heavy atom. The summed E-state index contributed by atoms with van der Waals surface area (Å²) in [4.78, 5) is 0.0766. The quantitative estimate of drug-likeness (QED) is 0.743. The van der Waals surface area contributed by atoms with Gasteiger partial charge in [-0.05, 0) is 26.0 Å². The minimum atomic E-state index is -3.82. The number of ether oxygens (including phenoxy) is 1. The highest BCUT2D eigenvalue weighted by atomic mass is 32.2. The molecule has 2 rings (SSSR count). The fourth-order valence-corrected chi connectivity index (χ4v) is 3.30. The van der Waals surface area contributed by atoms with Crippen LogP contribution in [0.1, 0.15) is 11.4 Å². The van der Waals surface area contributed by atoms with E-state index in [1.54, 1.807) is 19.9 Å². The van der Waals surface area contributed by atoms with Gasteiger partial charge in [0.15, 0.2) is 0 Å². The van der Waals surface area contributed by atoms with Gasteiger partial charge in [0.1, 0.15) is 16.4 Å². The number of aromatic amines is 1. The van der Waals surface area contributed by atoms with E-state index in [4.69, 9.17) is 4.74 Å². The zero-order valence-corrected chi connectivity index (χ0v) is 12.1. The summed E-state index contributed by atoms with van der Waals surface area (Å²) in [7, 11) is -2.36. The van der Waals surface area contributed by atoms with Crippen molar-refractivity contribution in [1.29, 1.82) is 0 Å². The lowest BCUT2D eigenvalue weighted by Crippen LogP contribution is -2.14. The van der Waals surface area contributed by atoms with Gasteiger partial charge in [0.2, 0.25) is 0 Å². The van der Waals surface area contributed by atoms with E-state index < -0.39 is 10.0 Å². The monoisotopic (exact) mass is 297 g/mol. The van der Waals surface area contributed by atoms with Gasteiger partial charge in [-0.3, -0.25) is 9.82 Å². The highest BCUT2D eigenvalue weighted by Crippen LogP contribution is 2.30. The van der Waals surface area contributed by atoms with Crippen LogP contribution < -0.4 is 9.46 Å². The van der Waals surface area contributed by atoms with E-state index in [1.807, 2.05) is 0 Å². The Morgan fingerprint density at radius 3 is 2.55 bits per heavy atom. The number of phenols is 1. The molecule has 0 unspecified atom stereocenters. The van der Waals surface area contributed by atoms with Crippen molar-refractivity contribution in [3.05, 3.63) is 29.6 Å². The van der Waals surface area contributed by atoms with Crippen LogP contribution in [0.2, 0.25) is 0 Å². The van der Waals surface area contributed by atoms with Gasteiger partial charge < -0.3 is 9.84 Å². The minimum Gasteiger partial charge on any atom is -0.506 e. The van der Waals surface area contributed by atoms with Crippen molar-refractivity contribution in [3.8, 4) is 11.5 Å². The summed E-state index contributed by atoms with van der Waals surface area (Å²) in [6, 6.07) is 4.30. The van der Waals surface area contributed by atoms with Crippen molar-refractivity contribution in [1.82, 2.24) is 10.2 Å². The van der Waals surface area contributed by atoms with E-state index >= 15 is 0 Å². The molecule has 1 aromatic heterocycles. The van der Waals surface area contributed by atoms with Crippen LogP contribution >= 0.6 is 0 Å². The zero-order chi connectivity index (χ0) is 14.9. The lowest BCUT2D eigenvalue weighted by atomic mass is 10.3. The lowest BCUT2D eigenvalue weighted by molar-refractivity contribution is 0.408. The summed E-state index contributed by atoms with van der Waals surface area (Å²) in [5.41, 5.74) is 0.872. The first-order valence-corrected chi connectivity index (χ1v) is 7.25. The molecular formula is C12H15N3O4S. The normalized spacial score (nSPS) is 11.3. The third-order valence-electron chi connectivity index (χ3n) is 2.78. The summed E-state index contributed by atoms with van der Waals surface area (Å²) in [5, 5.41) is 16.2. The second-order valence-electron chi connectivity index (χ2n) is 4.25. The zero-order valence-electron chi connectivity index (χ0n) is 11.3. The fraction of sp³-hybridized carbons (Fsp3) is 0.250. The molecule has 0 bridgehead atoms. The van der Waals surface area contributed by atoms with Crippen LogP contribution in [-0.4, -0.2) is 30.8 Å². The van der Waals surface area contributed by atoms with Crippen molar-refractivity contribution in [2.45, 2.75) is 18.7 Å². The van der Waals surface area contributed by atoms with Crippen LogP contribution in [0.15, 0.2) is 23.1 Å². The Bertz CT molecular complexity index is 718. The van der Waals surface area contributed by atoms with Crippen molar-refractivity contribution in [2.75, 3.05) is 11.8 Å². The first-order valence-electron chi connectivity index (χ1n) is 5.76. The van der Waals surface area contributed by atoms with Crippen molar-refractivity contribution >= 4 is 15.7 Å². The molecule has 0 radical (unpaired) electrons. The standard InChI is InChI=1S/C12H15N3O4S/c1-7-12(8(2)14-13-7)20(17,18)15-10-5-4-9(19-3)6-11(10)16/h4-6,15-16H,1-3H3,(H,13,14). The Morgan fingerprint density at radius 2 is 2.05 bits per heavy atom. The summed E-state index contributed by atoms with van der Waals surface area (Å²) < 4.78 is 31.9. The Labute approximate surface area is 116 Å². The van der Waals surface area contributed by atoms with E-state index in [2.05, 4.69) is 14.9 Å². The maximum absolute atomic E-state index is 12.3. The molecule has 20 heavy (non-hydrogen) atoms. The third kappa shape index (κ3) is 2.55. The molecule has 2 aromatic rings. The van der Waals surface area contributed by atoms with E-state index in [-0.39, 0.29) is 16.3 Å². The molecule has 0 atom stereocenters.